The average Bonchev–Trinajstić information content (AvgIpc) is 3.75. The number of halogens is 2. The number of imidazole rings is 1. The van der Waals surface area contributed by atoms with Gasteiger partial charge in [-0.05, 0) is 105 Å². The Labute approximate surface area is 383 Å². The number of nitrogens with one attached hydrogen (secondary N) is 2. The van der Waals surface area contributed by atoms with Gasteiger partial charge in [-0.2, -0.15) is 5.10 Å². The van der Waals surface area contributed by atoms with E-state index in [0.717, 1.165) is 48.4 Å². The Morgan fingerprint density at radius 3 is 2.51 bits per heavy atom. The second-order valence-corrected chi connectivity index (χ2v) is 17.3. The molecule has 9 rings (SSSR count). The summed E-state index contributed by atoms with van der Waals surface area (Å²) in [5.74, 6) is -0.704. The number of aryl methyl sites for hydroxylation is 3. The van der Waals surface area contributed by atoms with Crippen LogP contribution in [0.4, 0.5) is 14.5 Å². The van der Waals surface area contributed by atoms with Crippen molar-refractivity contribution in [1.29, 1.82) is 0 Å². The number of pyridine rings is 1. The molecule has 2 aromatic carbocycles. The van der Waals surface area contributed by atoms with E-state index in [2.05, 4.69) is 25.7 Å². The number of piperidine rings is 2. The Kier molecular flexibility index (Phi) is 13.5. The van der Waals surface area contributed by atoms with Crippen molar-refractivity contribution < 1.29 is 41.8 Å². The molecule has 1 atom stereocenters. The molecule has 3 aliphatic rings. The van der Waals surface area contributed by atoms with Crippen LogP contribution in [0, 0.1) is 5.92 Å². The lowest BCUT2D eigenvalue weighted by Gasteiger charge is -2.32. The molecule has 6 aromatic rings. The molecule has 1 saturated carbocycles. The molecule has 67 heavy (non-hydrogen) atoms. The van der Waals surface area contributed by atoms with E-state index in [1.807, 2.05) is 24.3 Å². The van der Waals surface area contributed by atoms with E-state index < -0.39 is 30.0 Å². The van der Waals surface area contributed by atoms with Gasteiger partial charge in [0.15, 0.2) is 11.4 Å². The summed E-state index contributed by atoms with van der Waals surface area (Å²) in [4.78, 5) is 74.2. The highest BCUT2D eigenvalue weighted by atomic mass is 19.3. The van der Waals surface area contributed by atoms with Crippen molar-refractivity contribution in [2.24, 2.45) is 13.0 Å². The number of fused-ring (bicyclic) bond motifs is 1. The second-order valence-electron chi connectivity index (χ2n) is 17.3. The predicted molar refractivity (Wildman–Crippen MR) is 240 cm³/mol. The number of carbonyl (C=O) groups is 4. The van der Waals surface area contributed by atoms with Crippen LogP contribution in [0.2, 0.25) is 0 Å². The summed E-state index contributed by atoms with van der Waals surface area (Å²) in [5, 5.41) is 8.87. The van der Waals surface area contributed by atoms with E-state index in [-0.39, 0.29) is 53.7 Å². The topological polar surface area (TPSA) is 198 Å². The molecule has 0 spiro atoms. The Balaban J connectivity index is 0.701. The number of likely N-dealkylation sites (tertiary alicyclic amines) is 1. The molecule has 19 heteroatoms. The number of aromatic nitrogens is 6. The van der Waals surface area contributed by atoms with E-state index in [0.29, 0.717) is 68.1 Å². The number of nitrogens with zero attached hydrogens (tertiary/aromatic N) is 7. The fraction of sp³-hybridized carbons (Fsp3) is 0.417. The third-order valence-electron chi connectivity index (χ3n) is 12.6. The van der Waals surface area contributed by atoms with E-state index in [1.165, 1.54) is 39.1 Å². The molecule has 2 saturated heterocycles. The Morgan fingerprint density at radius 2 is 1.75 bits per heavy atom. The van der Waals surface area contributed by atoms with Gasteiger partial charge in [-0.25, -0.2) is 23.2 Å². The Morgan fingerprint density at radius 1 is 0.940 bits per heavy atom. The smallest absolute Gasteiger partial charge is 0.329 e. The molecule has 0 bridgehead atoms. The first-order chi connectivity index (χ1) is 32.5. The van der Waals surface area contributed by atoms with Crippen molar-refractivity contribution in [3.05, 3.63) is 112 Å². The first kappa shape index (κ1) is 45.3. The minimum Gasteiger partial charge on any atom is -0.444 e. The quantitative estimate of drug-likeness (QED) is 0.0719. The van der Waals surface area contributed by atoms with Crippen LogP contribution in [-0.4, -0.2) is 96.4 Å². The molecule has 17 nitrogen and oxygen atoms in total. The van der Waals surface area contributed by atoms with Crippen LogP contribution >= 0.6 is 0 Å². The third kappa shape index (κ3) is 10.4. The lowest BCUT2D eigenvalue weighted by atomic mass is 10.1. The van der Waals surface area contributed by atoms with E-state index in [9.17, 15) is 32.8 Å². The van der Waals surface area contributed by atoms with E-state index >= 15 is 0 Å². The van der Waals surface area contributed by atoms with E-state index in [4.69, 9.17) is 13.9 Å². The van der Waals surface area contributed by atoms with Gasteiger partial charge in [0.25, 0.3) is 18.2 Å². The lowest BCUT2D eigenvalue weighted by molar-refractivity contribution is -0.135. The minimum atomic E-state index is -2.98. The SMILES string of the molecule is Cn1c(=O)n(C2CCC(=O)NC2=O)c2ccc(CCCOCCOC3CCN(C(=O)c4ccc(-n5cc(NC(=O)c6coc(-c7ccnc(CCC8CC8)c7)n6)c(C(F)F)n5)cc4)CC3)cc21. The summed E-state index contributed by atoms with van der Waals surface area (Å²) in [6.07, 6.45) is 8.86. The Bertz CT molecular complexity index is 2840. The van der Waals surface area contributed by atoms with Crippen LogP contribution in [0.1, 0.15) is 102 Å². The van der Waals surface area contributed by atoms with Crippen molar-refractivity contribution in [2.45, 2.75) is 82.8 Å². The summed E-state index contributed by atoms with van der Waals surface area (Å²) >= 11 is 0. The number of hydrogen-bond donors (Lipinski definition) is 2. The molecule has 6 heterocycles. The molecule has 350 valence electrons. The van der Waals surface area contributed by atoms with Crippen molar-refractivity contribution in [3.8, 4) is 17.1 Å². The predicted octanol–water partition coefficient (Wildman–Crippen LogP) is 6.36. The zero-order chi connectivity index (χ0) is 46.6. The number of benzene rings is 2. The van der Waals surface area contributed by atoms with Gasteiger partial charge in [0.1, 0.15) is 12.3 Å². The molecule has 2 aliphatic heterocycles. The van der Waals surface area contributed by atoms with Crippen molar-refractivity contribution in [1.82, 2.24) is 39.1 Å². The monoisotopic (exact) mass is 919 g/mol. The number of rotatable bonds is 18. The van der Waals surface area contributed by atoms with Crippen LogP contribution < -0.4 is 16.3 Å². The third-order valence-corrected chi connectivity index (χ3v) is 12.6. The number of ether oxygens (including phenoxy) is 2. The number of carbonyl (C=O) groups excluding carboxylic acids is 4. The summed E-state index contributed by atoms with van der Waals surface area (Å²) in [5.41, 5.74) is 3.64. The van der Waals surface area contributed by atoms with Crippen LogP contribution in [0.5, 0.6) is 0 Å². The molecule has 1 unspecified atom stereocenters. The Hall–Kier alpha value is -6.86. The molecule has 4 amide bonds. The van der Waals surface area contributed by atoms with Crippen LogP contribution in [-0.2, 0) is 39.0 Å². The van der Waals surface area contributed by atoms with Gasteiger partial charge in [-0.15, -0.1) is 0 Å². The fourth-order valence-corrected chi connectivity index (χ4v) is 8.69. The molecular formula is C48H51F2N9O8. The first-order valence-electron chi connectivity index (χ1n) is 22.7. The van der Waals surface area contributed by atoms with Gasteiger partial charge in [0.2, 0.25) is 17.7 Å². The summed E-state index contributed by atoms with van der Waals surface area (Å²) < 4.78 is 50.0. The lowest BCUT2D eigenvalue weighted by Crippen LogP contribution is -2.44. The van der Waals surface area contributed by atoms with Crippen molar-refractivity contribution in [2.75, 3.05) is 38.2 Å². The zero-order valence-corrected chi connectivity index (χ0v) is 37.0. The molecule has 0 radical (unpaired) electrons. The number of amides is 4. The molecule has 2 N–H and O–H groups in total. The van der Waals surface area contributed by atoms with Crippen LogP contribution in [0.3, 0.4) is 0 Å². The normalized spacial score (nSPS) is 16.8. The highest BCUT2D eigenvalue weighted by Crippen LogP contribution is 2.34. The highest BCUT2D eigenvalue weighted by molar-refractivity contribution is 6.03. The maximum absolute atomic E-state index is 14.1. The van der Waals surface area contributed by atoms with Gasteiger partial charge in [-0.1, -0.05) is 18.9 Å². The highest BCUT2D eigenvalue weighted by Gasteiger charge is 2.32. The standard InChI is InChI=1S/C48H51F2N9O8/c1-56-40-25-30(7-13-38(40)59(48(56)64)39-14-15-41(60)54-45(39)62)3-2-22-65-23-24-66-35-17-20-57(21-18-35)47(63)31-8-11-34(12-9-31)58-27-36(42(55-58)43(49)50)52-44(61)37-28-67-46(53-37)32-16-19-51-33(26-32)10-6-29-4-5-29/h7-9,11-13,16,19,25-29,35,39,43H,2-6,10,14-15,17-18,20-24H2,1H3,(H,52,61)(H,54,60,62). The van der Waals surface area contributed by atoms with Crippen molar-refractivity contribution in [3.63, 3.8) is 0 Å². The number of alkyl halides is 2. The van der Waals surface area contributed by atoms with E-state index in [1.54, 1.807) is 48.5 Å². The number of anilines is 1. The second kappa shape index (κ2) is 19.9. The van der Waals surface area contributed by atoms with Gasteiger partial charge in [0, 0.05) is 56.2 Å². The van der Waals surface area contributed by atoms with Gasteiger partial charge in [-0.3, -0.25) is 38.6 Å². The first-order valence-corrected chi connectivity index (χ1v) is 22.7. The number of oxazole rings is 1. The maximum atomic E-state index is 14.1. The number of imide groups is 1. The largest absolute Gasteiger partial charge is 0.444 e. The number of hydrogen-bond acceptors (Lipinski definition) is 11. The van der Waals surface area contributed by atoms with Gasteiger partial charge >= 0.3 is 5.69 Å². The fourth-order valence-electron chi connectivity index (χ4n) is 8.69. The summed E-state index contributed by atoms with van der Waals surface area (Å²) in [6.45, 7) is 2.38. The minimum absolute atomic E-state index is 0.0124. The van der Waals surface area contributed by atoms with Gasteiger partial charge in [0.05, 0.1) is 47.9 Å². The molecule has 1 aliphatic carbocycles. The molecule has 4 aromatic heterocycles. The molecular weight excluding hydrogens is 869 g/mol. The zero-order valence-electron chi connectivity index (χ0n) is 37.0. The molecule has 3 fully saturated rings. The summed E-state index contributed by atoms with van der Waals surface area (Å²) in [6, 6.07) is 15.1. The maximum Gasteiger partial charge on any atom is 0.329 e. The van der Waals surface area contributed by atoms with Crippen LogP contribution in [0.15, 0.2) is 82.5 Å². The van der Waals surface area contributed by atoms with Crippen molar-refractivity contribution >= 4 is 40.3 Å². The van der Waals surface area contributed by atoms with Crippen LogP contribution in [0.25, 0.3) is 28.2 Å². The summed E-state index contributed by atoms with van der Waals surface area (Å²) in [7, 11) is 1.68. The van der Waals surface area contributed by atoms with Gasteiger partial charge < -0.3 is 24.1 Å². The average molecular weight is 920 g/mol.